The summed E-state index contributed by atoms with van der Waals surface area (Å²) in [6, 6.07) is 6.72. The van der Waals surface area contributed by atoms with Gasteiger partial charge in [-0.3, -0.25) is 19.6 Å². The van der Waals surface area contributed by atoms with Gasteiger partial charge in [0.2, 0.25) is 5.78 Å². The maximum Gasteiger partial charge on any atom is 0.252 e. The molecule has 1 aliphatic rings. The van der Waals surface area contributed by atoms with E-state index in [-0.39, 0.29) is 5.69 Å². The molecule has 0 N–H and O–H groups in total. The number of hydrogen-bond donors (Lipinski definition) is 0. The maximum absolute atomic E-state index is 11.7. The number of fused-ring (bicyclic) bond motifs is 3. The van der Waals surface area contributed by atoms with Gasteiger partial charge in [0.1, 0.15) is 5.69 Å². The van der Waals surface area contributed by atoms with E-state index >= 15 is 0 Å². The summed E-state index contributed by atoms with van der Waals surface area (Å²) in [5.74, 6) is -1.09. The highest BCUT2D eigenvalue weighted by Crippen LogP contribution is 2.29. The molecule has 0 spiro atoms. The third kappa shape index (κ3) is 18.3. The first-order valence-corrected chi connectivity index (χ1v) is 40.8. The molecule has 3 rings (SSSR count). The highest BCUT2D eigenvalue weighted by atomic mass is 33.5. The molecule has 0 bridgehead atoms. The Bertz CT molecular complexity index is 2210. The minimum Gasteiger partial charge on any atom is -0.285 e. The molecule has 0 saturated heterocycles. The Balaban J connectivity index is 0.000000311. The second-order valence-electron chi connectivity index (χ2n) is 5.02. The molecule has 41 heavy (non-hydrogen) atoms. The number of hydrogen-bond acceptors (Lipinski definition) is 6. The van der Waals surface area contributed by atoms with Crippen molar-refractivity contribution in [3.8, 4) is 11.3 Å². The highest BCUT2D eigenvalue weighted by molar-refractivity contribution is 8.79. The fourth-order valence-electron chi connectivity index (χ4n) is 2.05. The number of pyridine rings is 2. The van der Waals surface area contributed by atoms with Gasteiger partial charge in [-0.05, 0) is 24.3 Å². The van der Waals surface area contributed by atoms with E-state index in [1.54, 1.807) is 155 Å². The van der Waals surface area contributed by atoms with Crippen LogP contribution in [0.4, 0.5) is 0 Å². The van der Waals surface area contributed by atoms with Crippen molar-refractivity contribution in [3.63, 3.8) is 0 Å². The summed E-state index contributed by atoms with van der Waals surface area (Å²) in [7, 11) is 40.0. The Kier molecular flexibility index (Phi) is 27.7. The van der Waals surface area contributed by atoms with Crippen molar-refractivity contribution in [2.24, 2.45) is 0 Å². The third-order valence-corrected chi connectivity index (χ3v) is 52.0. The molecule has 0 radical (unpaired) electrons. The fraction of sp³-hybridized carbons (Fsp3) is 0. The number of nitrogens with zero attached hydrogens (tertiary/aromatic N) is 2. The topological polar surface area (TPSA) is 59.9 Å². The van der Waals surface area contributed by atoms with Crippen LogP contribution in [0.3, 0.4) is 0 Å². The molecule has 0 saturated carbocycles. The molecule has 29 heteroatoms. The van der Waals surface area contributed by atoms with Crippen LogP contribution in [0.1, 0.15) is 20.8 Å². The van der Waals surface area contributed by atoms with Crippen LogP contribution < -0.4 is 0 Å². The molecular formula is C12H6N2O2S25. The SMILES string of the molecule is O=C1C(=O)c2ncccc2-c2ncccc21.S=S=S=S=S=S=S=S=S=S=S=S=S=S=S=S=S=S=S=S=S=S=S=S=S. The normalized spacial score (nSPS) is 9.76. The molecule has 2 heterocycles. The lowest BCUT2D eigenvalue weighted by Gasteiger charge is -2.14. The predicted molar refractivity (Wildman–Crippen MR) is 240 cm³/mol. The monoisotopic (exact) mass is 1010 g/mol. The van der Waals surface area contributed by atoms with E-state index in [0.717, 1.165) is 0 Å². The van der Waals surface area contributed by atoms with E-state index in [1.807, 2.05) is 62.2 Å². The van der Waals surface area contributed by atoms with E-state index in [9.17, 15) is 9.59 Å². The Morgan fingerprint density at radius 3 is 1.10 bits per heavy atom. The minimum absolute atomic E-state index is 0.193. The molecule has 2 aromatic heterocycles. The minimum atomic E-state index is -0.559. The zero-order valence-electron chi connectivity index (χ0n) is 18.4. The number of aromatic nitrogens is 2. The van der Waals surface area contributed by atoms with Crippen LogP contribution in [0.2, 0.25) is 0 Å². The molecule has 0 fully saturated rings. The lowest BCUT2D eigenvalue weighted by Crippen LogP contribution is -2.22. The highest BCUT2D eigenvalue weighted by Gasteiger charge is 2.31. The lowest BCUT2D eigenvalue weighted by molar-refractivity contribution is 0.0812. The van der Waals surface area contributed by atoms with Crippen LogP contribution in [-0.2, 0) is 227 Å². The summed E-state index contributed by atoms with van der Waals surface area (Å²) in [5, 5.41) is 0. The van der Waals surface area contributed by atoms with E-state index in [1.165, 1.54) is 24.0 Å². The largest absolute Gasteiger partial charge is 0.285 e. The third-order valence-electron chi connectivity index (χ3n) is 3.15. The smallest absolute Gasteiger partial charge is 0.252 e. The Labute approximate surface area is 310 Å². The molecule has 0 amide bonds. The van der Waals surface area contributed by atoms with Crippen molar-refractivity contribution in [3.05, 3.63) is 47.9 Å². The standard InChI is InChI=1S/C12H6N2O2.S25/c15-11-8-4-2-5-13-9(8)7-3-1-6-14-10(7)12(11)16;1-3-5-7-9-11-13-15-17-19-21-23-25-24-22-20-18-16-14-12-10-8-6-4-2/h1-6H;. The molecule has 0 unspecified atom stereocenters. The second-order valence-corrected chi connectivity index (χ2v) is 45.7. The van der Waals surface area contributed by atoms with Gasteiger partial charge in [-0.15, -0.1) is 0 Å². The average Bonchev–Trinajstić information content (AvgIpc) is 3.01. The van der Waals surface area contributed by atoms with Crippen molar-refractivity contribution in [1.82, 2.24) is 9.97 Å². The van der Waals surface area contributed by atoms with Gasteiger partial charge in [-0.1, -0.05) is 0 Å². The van der Waals surface area contributed by atoms with Gasteiger partial charge in [0.05, 0.1) is 11.3 Å². The molecule has 0 aliphatic heterocycles. The lowest BCUT2D eigenvalue weighted by atomic mass is 9.91. The van der Waals surface area contributed by atoms with E-state index in [2.05, 4.69) is 9.97 Å². The summed E-state index contributed by atoms with van der Waals surface area (Å²) < 4.78 is 0. The van der Waals surface area contributed by atoms with Crippen molar-refractivity contribution >= 4 is 238 Å². The number of ketones is 2. The van der Waals surface area contributed by atoms with Gasteiger partial charge in [0, 0.05) is 245 Å². The van der Waals surface area contributed by atoms with Gasteiger partial charge >= 0.3 is 0 Å². The van der Waals surface area contributed by atoms with Crippen LogP contribution in [-0.4, -0.2) is 21.5 Å². The Morgan fingerprint density at radius 2 is 0.732 bits per heavy atom. The summed E-state index contributed by atoms with van der Waals surface area (Å²) in [5.41, 5.74) is 1.71. The van der Waals surface area contributed by atoms with Gasteiger partial charge in [-0.25, -0.2) is 0 Å². The van der Waals surface area contributed by atoms with Crippen molar-refractivity contribution < 1.29 is 9.59 Å². The molecule has 226 valence electrons. The van der Waals surface area contributed by atoms with Crippen molar-refractivity contribution in [2.75, 3.05) is 0 Å². The first-order chi connectivity index (χ1) is 20.2. The van der Waals surface area contributed by atoms with Crippen LogP contribution in [0.15, 0.2) is 36.7 Å². The molecule has 1 aliphatic carbocycles. The van der Waals surface area contributed by atoms with Gasteiger partial charge < -0.3 is 0 Å². The zero-order valence-corrected chi connectivity index (χ0v) is 38.8. The van der Waals surface area contributed by atoms with Gasteiger partial charge in [0.15, 0.2) is 0 Å². The molecule has 0 aromatic carbocycles. The zero-order chi connectivity index (χ0) is 29.4. The predicted octanol–water partition coefficient (Wildman–Crippen LogP) is 1.46. The number of rotatable bonds is 0. The first kappa shape index (κ1) is 40.3. The fourth-order valence-corrected chi connectivity index (χ4v) is 59.7. The molecule has 0 atom stereocenters. The number of carbonyl (C=O) groups is 2. The van der Waals surface area contributed by atoms with Crippen LogP contribution in [0.5, 0.6) is 0 Å². The van der Waals surface area contributed by atoms with Crippen LogP contribution in [0.25, 0.3) is 11.3 Å². The van der Waals surface area contributed by atoms with Crippen molar-refractivity contribution in [2.45, 2.75) is 0 Å². The van der Waals surface area contributed by atoms with Crippen LogP contribution >= 0.6 is 0 Å². The Morgan fingerprint density at radius 1 is 0.415 bits per heavy atom. The summed E-state index contributed by atoms with van der Waals surface area (Å²) >= 11 is 9.55. The van der Waals surface area contributed by atoms with E-state index in [4.69, 9.17) is 22.4 Å². The first-order valence-electron chi connectivity index (χ1n) is 8.78. The van der Waals surface area contributed by atoms with Gasteiger partial charge in [0.25, 0.3) is 5.78 Å². The molecule has 2 aromatic rings. The molecular weight excluding hydrogens is 1010 g/mol. The van der Waals surface area contributed by atoms with E-state index in [0.29, 0.717) is 16.8 Å². The number of carbonyl (C=O) groups excluding carboxylic acids is 2. The summed E-state index contributed by atoms with van der Waals surface area (Å²) in [4.78, 5) is 31.6. The Hall–Kier alpha value is 3.14. The van der Waals surface area contributed by atoms with Crippen LogP contribution in [0, 0.1) is 0 Å². The second kappa shape index (κ2) is 28.2. The van der Waals surface area contributed by atoms with E-state index < -0.39 is 11.6 Å². The summed E-state index contributed by atoms with van der Waals surface area (Å²) in [6.07, 6.45) is 3.09. The molecule has 4 nitrogen and oxygen atoms in total. The van der Waals surface area contributed by atoms with Crippen molar-refractivity contribution in [1.29, 1.82) is 0 Å². The summed E-state index contributed by atoms with van der Waals surface area (Å²) in [6.45, 7) is 0. The average molecular weight is 1010 g/mol. The number of Topliss-reactive ketones (excluding diaryl/α,β-unsaturated/α-hetero) is 2. The van der Waals surface area contributed by atoms with Gasteiger partial charge in [-0.2, -0.15) is 0 Å². The quantitative estimate of drug-likeness (QED) is 0.374. The maximum atomic E-state index is 11.7.